The zero-order valence-corrected chi connectivity index (χ0v) is 9.41. The van der Waals surface area contributed by atoms with Crippen LogP contribution in [-0.2, 0) is 6.54 Å². The Morgan fingerprint density at radius 2 is 2.38 bits per heavy atom. The lowest BCUT2D eigenvalue weighted by atomic mass is 10.3. The van der Waals surface area contributed by atoms with Gasteiger partial charge in [0.1, 0.15) is 5.65 Å². The molecule has 0 aromatic carbocycles. The van der Waals surface area contributed by atoms with Gasteiger partial charge in [-0.2, -0.15) is 0 Å². The van der Waals surface area contributed by atoms with Crippen molar-refractivity contribution in [3.63, 3.8) is 0 Å². The van der Waals surface area contributed by atoms with Crippen LogP contribution in [0.2, 0.25) is 0 Å². The molecule has 0 atom stereocenters. The number of nitrogens with one attached hydrogen (secondary N) is 1. The predicted octanol–water partition coefficient (Wildman–Crippen LogP) is 2.09. The molecule has 0 fully saturated rings. The molecule has 0 aliphatic carbocycles. The number of halogens is 1. The number of alkyl halides is 1. The molecule has 2 aromatic rings. The Morgan fingerprint density at radius 3 is 3.19 bits per heavy atom. The van der Waals surface area contributed by atoms with E-state index in [0.717, 1.165) is 23.4 Å². The van der Waals surface area contributed by atoms with E-state index < -0.39 is 0 Å². The highest BCUT2D eigenvalue weighted by atomic mass is 19.1. The highest BCUT2D eigenvalue weighted by molar-refractivity contribution is 5.48. The van der Waals surface area contributed by atoms with Gasteiger partial charge in [-0.05, 0) is 31.5 Å². The predicted molar refractivity (Wildman–Crippen MR) is 62.2 cm³/mol. The summed E-state index contributed by atoms with van der Waals surface area (Å²) in [5.41, 5.74) is 3.26. The summed E-state index contributed by atoms with van der Waals surface area (Å²) in [5.74, 6) is 0. The van der Waals surface area contributed by atoms with Gasteiger partial charge in [0, 0.05) is 12.7 Å². The second kappa shape index (κ2) is 5.07. The Kier molecular flexibility index (Phi) is 3.51. The monoisotopic (exact) mass is 221 g/mol. The first-order valence-corrected chi connectivity index (χ1v) is 5.51. The van der Waals surface area contributed by atoms with Crippen LogP contribution >= 0.6 is 0 Å². The van der Waals surface area contributed by atoms with E-state index in [-0.39, 0.29) is 6.67 Å². The SMILES string of the molecule is Cc1cccn2c(CNCCCF)cnc12. The smallest absolute Gasteiger partial charge is 0.139 e. The van der Waals surface area contributed by atoms with Crippen molar-refractivity contribution in [1.82, 2.24) is 14.7 Å². The summed E-state index contributed by atoms with van der Waals surface area (Å²) in [6, 6.07) is 4.05. The number of aromatic nitrogens is 2. The minimum absolute atomic E-state index is 0.265. The molecule has 0 bridgehead atoms. The fourth-order valence-electron chi connectivity index (χ4n) is 1.74. The van der Waals surface area contributed by atoms with Crippen LogP contribution in [-0.4, -0.2) is 22.6 Å². The zero-order chi connectivity index (χ0) is 11.4. The molecule has 0 saturated heterocycles. The van der Waals surface area contributed by atoms with Crippen molar-refractivity contribution >= 4 is 5.65 Å². The third kappa shape index (κ3) is 2.22. The second-order valence-electron chi connectivity index (χ2n) is 3.85. The van der Waals surface area contributed by atoms with E-state index in [4.69, 9.17) is 0 Å². The van der Waals surface area contributed by atoms with E-state index in [1.807, 2.05) is 31.5 Å². The molecule has 0 saturated carbocycles. The Labute approximate surface area is 94.3 Å². The fourth-order valence-corrected chi connectivity index (χ4v) is 1.74. The van der Waals surface area contributed by atoms with E-state index in [0.29, 0.717) is 13.0 Å². The number of imidazole rings is 1. The van der Waals surface area contributed by atoms with Crippen molar-refractivity contribution in [2.24, 2.45) is 0 Å². The first-order valence-electron chi connectivity index (χ1n) is 5.51. The van der Waals surface area contributed by atoms with Gasteiger partial charge in [0.15, 0.2) is 0 Å². The molecule has 0 aliphatic heterocycles. The van der Waals surface area contributed by atoms with E-state index in [1.165, 1.54) is 0 Å². The van der Waals surface area contributed by atoms with Gasteiger partial charge in [0.2, 0.25) is 0 Å². The first kappa shape index (κ1) is 11.1. The molecule has 2 heterocycles. The minimum atomic E-state index is -0.265. The molecule has 2 rings (SSSR count). The van der Waals surface area contributed by atoms with Gasteiger partial charge in [-0.3, -0.25) is 4.39 Å². The van der Waals surface area contributed by atoms with Crippen LogP contribution < -0.4 is 5.32 Å². The highest BCUT2D eigenvalue weighted by Gasteiger charge is 2.03. The molecule has 1 N–H and O–H groups in total. The standard InChI is InChI=1S/C12H16FN3/c1-10-4-2-7-16-11(9-15-12(10)16)8-14-6-3-5-13/h2,4,7,9,14H,3,5-6,8H2,1H3. The van der Waals surface area contributed by atoms with Crippen LogP contribution in [0.5, 0.6) is 0 Å². The van der Waals surface area contributed by atoms with Gasteiger partial charge >= 0.3 is 0 Å². The largest absolute Gasteiger partial charge is 0.311 e. The third-order valence-corrected chi connectivity index (χ3v) is 2.60. The Bertz CT molecular complexity index is 464. The summed E-state index contributed by atoms with van der Waals surface area (Å²) in [5, 5.41) is 3.20. The molecular weight excluding hydrogens is 205 g/mol. The summed E-state index contributed by atoms with van der Waals surface area (Å²) in [6.07, 6.45) is 4.43. The molecule has 0 radical (unpaired) electrons. The van der Waals surface area contributed by atoms with Gasteiger partial charge in [0.25, 0.3) is 0 Å². The Hall–Kier alpha value is -1.42. The number of nitrogens with zero attached hydrogens (tertiary/aromatic N) is 2. The lowest BCUT2D eigenvalue weighted by Gasteiger charge is -2.04. The summed E-state index contributed by atoms with van der Waals surface area (Å²) >= 11 is 0. The van der Waals surface area contributed by atoms with Gasteiger partial charge < -0.3 is 9.72 Å². The van der Waals surface area contributed by atoms with Crippen molar-refractivity contribution < 1.29 is 4.39 Å². The minimum Gasteiger partial charge on any atom is -0.311 e. The third-order valence-electron chi connectivity index (χ3n) is 2.60. The molecular formula is C12H16FN3. The second-order valence-corrected chi connectivity index (χ2v) is 3.85. The number of fused-ring (bicyclic) bond motifs is 1. The number of hydrogen-bond donors (Lipinski definition) is 1. The average Bonchev–Trinajstić information content (AvgIpc) is 2.70. The number of rotatable bonds is 5. The van der Waals surface area contributed by atoms with Crippen LogP contribution in [0.3, 0.4) is 0 Å². The summed E-state index contributed by atoms with van der Waals surface area (Å²) in [4.78, 5) is 4.37. The highest BCUT2D eigenvalue weighted by Crippen LogP contribution is 2.10. The summed E-state index contributed by atoms with van der Waals surface area (Å²) in [6.45, 7) is 3.21. The maximum atomic E-state index is 11.9. The van der Waals surface area contributed by atoms with E-state index in [9.17, 15) is 4.39 Å². The van der Waals surface area contributed by atoms with Crippen LogP contribution in [0.4, 0.5) is 4.39 Å². The lowest BCUT2D eigenvalue weighted by Crippen LogP contribution is -2.16. The molecule has 4 heteroatoms. The van der Waals surface area contributed by atoms with E-state index in [2.05, 4.69) is 14.7 Å². The zero-order valence-electron chi connectivity index (χ0n) is 9.41. The maximum Gasteiger partial charge on any atom is 0.139 e. The summed E-state index contributed by atoms with van der Waals surface area (Å²) in [7, 11) is 0. The normalized spacial score (nSPS) is 11.1. The van der Waals surface area contributed by atoms with Crippen molar-refractivity contribution in [1.29, 1.82) is 0 Å². The van der Waals surface area contributed by atoms with Crippen molar-refractivity contribution in [2.75, 3.05) is 13.2 Å². The molecule has 3 nitrogen and oxygen atoms in total. The number of pyridine rings is 1. The molecule has 0 spiro atoms. The van der Waals surface area contributed by atoms with Crippen molar-refractivity contribution in [3.8, 4) is 0 Å². The first-order chi connectivity index (χ1) is 7.83. The topological polar surface area (TPSA) is 29.3 Å². The van der Waals surface area contributed by atoms with Crippen LogP contribution in [0, 0.1) is 6.92 Å². The van der Waals surface area contributed by atoms with Crippen LogP contribution in [0.25, 0.3) is 5.65 Å². The van der Waals surface area contributed by atoms with Crippen molar-refractivity contribution in [2.45, 2.75) is 19.9 Å². The fraction of sp³-hybridized carbons (Fsp3) is 0.417. The van der Waals surface area contributed by atoms with Gasteiger partial charge in [-0.25, -0.2) is 4.98 Å². The van der Waals surface area contributed by atoms with E-state index >= 15 is 0 Å². The van der Waals surface area contributed by atoms with Crippen LogP contribution in [0.15, 0.2) is 24.5 Å². The van der Waals surface area contributed by atoms with E-state index in [1.54, 1.807) is 0 Å². The molecule has 0 aliphatic rings. The average molecular weight is 221 g/mol. The molecule has 0 amide bonds. The maximum absolute atomic E-state index is 11.9. The number of aryl methyl sites for hydroxylation is 1. The Morgan fingerprint density at radius 1 is 1.50 bits per heavy atom. The number of hydrogen-bond acceptors (Lipinski definition) is 2. The molecule has 16 heavy (non-hydrogen) atoms. The van der Waals surface area contributed by atoms with Gasteiger partial charge in [-0.15, -0.1) is 0 Å². The molecule has 2 aromatic heterocycles. The Balaban J connectivity index is 2.10. The van der Waals surface area contributed by atoms with Crippen molar-refractivity contribution in [3.05, 3.63) is 35.8 Å². The van der Waals surface area contributed by atoms with Gasteiger partial charge in [-0.1, -0.05) is 6.07 Å². The molecule has 86 valence electrons. The summed E-state index contributed by atoms with van der Waals surface area (Å²) < 4.78 is 14.0. The van der Waals surface area contributed by atoms with Crippen LogP contribution in [0.1, 0.15) is 17.7 Å². The lowest BCUT2D eigenvalue weighted by molar-refractivity contribution is 0.458. The quantitative estimate of drug-likeness (QED) is 0.783. The van der Waals surface area contributed by atoms with Gasteiger partial charge in [0.05, 0.1) is 18.6 Å². The molecule has 0 unspecified atom stereocenters.